The predicted molar refractivity (Wildman–Crippen MR) is 87.9 cm³/mol. The lowest BCUT2D eigenvalue weighted by molar-refractivity contribution is -0.137. The molecule has 0 saturated heterocycles. The Bertz CT molecular complexity index is 761. The fourth-order valence-corrected chi connectivity index (χ4v) is 4.56. The molecule has 8 heteroatoms. The first kappa shape index (κ1) is 18.0. The summed E-state index contributed by atoms with van der Waals surface area (Å²) in [5.74, 6) is -0.285. The van der Waals surface area contributed by atoms with Crippen LogP contribution in [0.4, 0.5) is 18.9 Å². The van der Waals surface area contributed by atoms with Gasteiger partial charge in [0.2, 0.25) is 5.91 Å². The summed E-state index contributed by atoms with van der Waals surface area (Å²) in [6.07, 6.45) is -2.74. The van der Waals surface area contributed by atoms with E-state index >= 15 is 0 Å². The van der Waals surface area contributed by atoms with Gasteiger partial charge in [-0.15, -0.1) is 0 Å². The SMILES string of the molecule is CC1(C)C2CCC1(C(=O)Nc1cc(C(F)(F)F)ccc1Cl)/C(=N/O)C2. The van der Waals surface area contributed by atoms with Crippen molar-refractivity contribution in [3.8, 4) is 0 Å². The van der Waals surface area contributed by atoms with Crippen LogP contribution in [0.15, 0.2) is 23.4 Å². The molecule has 3 rings (SSSR count). The van der Waals surface area contributed by atoms with E-state index in [1.807, 2.05) is 13.8 Å². The van der Waals surface area contributed by atoms with Gasteiger partial charge in [0.05, 0.1) is 27.4 Å². The lowest BCUT2D eigenvalue weighted by atomic mass is 9.68. The minimum Gasteiger partial charge on any atom is -0.411 e. The lowest BCUT2D eigenvalue weighted by Gasteiger charge is -2.36. The van der Waals surface area contributed by atoms with Gasteiger partial charge >= 0.3 is 6.18 Å². The van der Waals surface area contributed by atoms with E-state index in [-0.39, 0.29) is 16.6 Å². The third-order valence-electron chi connectivity index (χ3n) is 5.97. The average Bonchev–Trinajstić information content (AvgIpc) is 2.91. The molecule has 2 atom stereocenters. The Kier molecular flexibility index (Phi) is 4.06. The molecule has 2 fully saturated rings. The predicted octanol–water partition coefficient (Wildman–Crippen LogP) is 4.95. The number of rotatable bonds is 2. The Morgan fingerprint density at radius 1 is 1.40 bits per heavy atom. The number of hydrogen-bond donors (Lipinski definition) is 2. The van der Waals surface area contributed by atoms with Crippen LogP contribution in [-0.4, -0.2) is 16.8 Å². The number of halogens is 4. The quantitative estimate of drug-likeness (QED) is 0.568. The van der Waals surface area contributed by atoms with Gasteiger partial charge in [0, 0.05) is 0 Å². The molecular formula is C17H18ClF3N2O2. The van der Waals surface area contributed by atoms with Crippen LogP contribution >= 0.6 is 11.6 Å². The van der Waals surface area contributed by atoms with Crippen molar-refractivity contribution < 1.29 is 23.2 Å². The van der Waals surface area contributed by atoms with E-state index in [2.05, 4.69) is 10.5 Å². The van der Waals surface area contributed by atoms with E-state index in [0.717, 1.165) is 24.6 Å². The molecule has 2 N–H and O–H groups in total. The van der Waals surface area contributed by atoms with E-state index in [1.165, 1.54) is 0 Å². The Morgan fingerprint density at radius 2 is 2.08 bits per heavy atom. The fraction of sp³-hybridized carbons (Fsp3) is 0.529. The molecular weight excluding hydrogens is 357 g/mol. The summed E-state index contributed by atoms with van der Waals surface area (Å²) in [5.41, 5.74) is -2.10. The van der Waals surface area contributed by atoms with Crippen molar-refractivity contribution in [1.82, 2.24) is 0 Å². The smallest absolute Gasteiger partial charge is 0.411 e. The summed E-state index contributed by atoms with van der Waals surface area (Å²) in [6, 6.07) is 2.79. The van der Waals surface area contributed by atoms with Crippen molar-refractivity contribution in [3.05, 3.63) is 28.8 Å². The van der Waals surface area contributed by atoms with Crippen LogP contribution in [0.5, 0.6) is 0 Å². The first-order chi connectivity index (χ1) is 11.5. The molecule has 2 aliphatic carbocycles. The van der Waals surface area contributed by atoms with E-state index < -0.39 is 28.5 Å². The van der Waals surface area contributed by atoms with Gasteiger partial charge in [0.1, 0.15) is 0 Å². The second-order valence-electron chi connectivity index (χ2n) is 7.26. The maximum Gasteiger partial charge on any atom is 0.416 e. The van der Waals surface area contributed by atoms with Gasteiger partial charge in [-0.3, -0.25) is 4.79 Å². The number of amides is 1. The molecule has 25 heavy (non-hydrogen) atoms. The van der Waals surface area contributed by atoms with E-state index in [1.54, 1.807) is 0 Å². The molecule has 1 amide bonds. The van der Waals surface area contributed by atoms with Crippen molar-refractivity contribution in [3.63, 3.8) is 0 Å². The van der Waals surface area contributed by atoms with Crippen LogP contribution in [0, 0.1) is 16.7 Å². The first-order valence-electron chi connectivity index (χ1n) is 7.93. The number of fused-ring (bicyclic) bond motifs is 2. The molecule has 0 aliphatic heterocycles. The highest BCUT2D eigenvalue weighted by Crippen LogP contribution is 2.64. The average molecular weight is 375 g/mol. The summed E-state index contributed by atoms with van der Waals surface area (Å²) in [7, 11) is 0. The number of oxime groups is 1. The first-order valence-corrected chi connectivity index (χ1v) is 8.31. The van der Waals surface area contributed by atoms with Crippen molar-refractivity contribution >= 4 is 28.9 Å². The molecule has 2 aliphatic rings. The fourth-order valence-electron chi connectivity index (χ4n) is 4.39. The number of carbonyl (C=O) groups is 1. The molecule has 2 saturated carbocycles. The number of alkyl halides is 3. The summed E-state index contributed by atoms with van der Waals surface area (Å²) in [4.78, 5) is 13.0. The van der Waals surface area contributed by atoms with Gasteiger partial charge in [-0.2, -0.15) is 13.2 Å². The summed E-state index contributed by atoms with van der Waals surface area (Å²) in [6.45, 7) is 3.85. The second-order valence-corrected chi connectivity index (χ2v) is 7.67. The minimum absolute atomic E-state index is 0.0191. The lowest BCUT2D eigenvalue weighted by Crippen LogP contribution is -2.46. The topological polar surface area (TPSA) is 61.7 Å². The van der Waals surface area contributed by atoms with Crippen LogP contribution in [-0.2, 0) is 11.0 Å². The number of nitrogens with zero attached hydrogens (tertiary/aromatic N) is 1. The highest BCUT2D eigenvalue weighted by atomic mass is 35.5. The van der Waals surface area contributed by atoms with Crippen molar-refractivity contribution in [2.24, 2.45) is 21.9 Å². The Morgan fingerprint density at radius 3 is 2.64 bits per heavy atom. The second kappa shape index (κ2) is 5.62. The third kappa shape index (κ3) is 2.51. The number of benzene rings is 1. The highest BCUT2D eigenvalue weighted by molar-refractivity contribution is 6.34. The van der Waals surface area contributed by atoms with Gasteiger partial charge in [-0.05, 0) is 48.8 Å². The van der Waals surface area contributed by atoms with E-state index in [0.29, 0.717) is 18.6 Å². The molecule has 2 bridgehead atoms. The molecule has 0 spiro atoms. The van der Waals surface area contributed by atoms with Crippen LogP contribution < -0.4 is 5.32 Å². The summed E-state index contributed by atoms with van der Waals surface area (Å²) >= 11 is 5.98. The highest BCUT2D eigenvalue weighted by Gasteiger charge is 2.67. The normalized spacial score (nSPS) is 29.2. The van der Waals surface area contributed by atoms with E-state index in [4.69, 9.17) is 11.6 Å². The molecule has 4 nitrogen and oxygen atoms in total. The van der Waals surface area contributed by atoms with Gasteiger partial charge in [0.25, 0.3) is 0 Å². The number of hydrogen-bond acceptors (Lipinski definition) is 3. The Labute approximate surface area is 148 Å². The number of carbonyl (C=O) groups excluding carboxylic acids is 1. The minimum atomic E-state index is -4.54. The van der Waals surface area contributed by atoms with Crippen LogP contribution in [0.25, 0.3) is 0 Å². The maximum absolute atomic E-state index is 13.0. The van der Waals surface area contributed by atoms with Crippen molar-refractivity contribution in [1.29, 1.82) is 0 Å². The zero-order chi connectivity index (χ0) is 18.6. The van der Waals surface area contributed by atoms with E-state index in [9.17, 15) is 23.2 Å². The van der Waals surface area contributed by atoms with Gasteiger partial charge in [-0.1, -0.05) is 30.6 Å². The number of anilines is 1. The Balaban J connectivity index is 1.98. The molecule has 1 aromatic rings. The zero-order valence-corrected chi connectivity index (χ0v) is 14.5. The third-order valence-corrected chi connectivity index (χ3v) is 6.30. The molecule has 1 aromatic carbocycles. The van der Waals surface area contributed by atoms with Crippen LogP contribution in [0.2, 0.25) is 5.02 Å². The molecule has 0 aromatic heterocycles. The Hall–Kier alpha value is -1.76. The monoisotopic (exact) mass is 374 g/mol. The number of nitrogens with one attached hydrogen (secondary N) is 1. The largest absolute Gasteiger partial charge is 0.416 e. The summed E-state index contributed by atoms with van der Waals surface area (Å²) < 4.78 is 38.8. The summed E-state index contributed by atoms with van der Waals surface area (Å²) in [5, 5.41) is 15.2. The molecule has 0 radical (unpaired) electrons. The van der Waals surface area contributed by atoms with Crippen LogP contribution in [0.1, 0.15) is 38.7 Å². The van der Waals surface area contributed by atoms with Crippen LogP contribution in [0.3, 0.4) is 0 Å². The zero-order valence-electron chi connectivity index (χ0n) is 13.7. The van der Waals surface area contributed by atoms with Gasteiger partial charge < -0.3 is 10.5 Å². The maximum atomic E-state index is 13.0. The van der Waals surface area contributed by atoms with Gasteiger partial charge in [0.15, 0.2) is 0 Å². The molecule has 0 heterocycles. The van der Waals surface area contributed by atoms with Crippen molar-refractivity contribution in [2.45, 2.75) is 39.3 Å². The standard InChI is InChI=1S/C17H18ClF3N2O2/c1-15(2)9-5-6-16(15,13(8-9)23-25)14(24)22-12-7-10(17(19,20)21)3-4-11(12)18/h3-4,7,9,25H,5-6,8H2,1-2H3,(H,22,24)/b23-13+. The van der Waals surface area contributed by atoms with Gasteiger partial charge in [-0.25, -0.2) is 0 Å². The molecule has 136 valence electrons. The molecule has 2 unspecified atom stereocenters. The van der Waals surface area contributed by atoms with Crippen molar-refractivity contribution in [2.75, 3.05) is 5.32 Å².